The lowest BCUT2D eigenvalue weighted by atomic mass is 10.3. The predicted molar refractivity (Wildman–Crippen MR) is 50.8 cm³/mol. The average molecular weight is 195 g/mol. The summed E-state index contributed by atoms with van der Waals surface area (Å²) < 4.78 is 22.9. The minimum Gasteiger partial charge on any atom is -0.755 e. The standard InChI is InChI=1S/C8H8N2O2S/c11-13(12)10-8-5-6-3-1-2-4-7(6)9-8/h1-5,9-10H,(H,11,12)/p-1. The van der Waals surface area contributed by atoms with E-state index in [4.69, 9.17) is 0 Å². The van der Waals surface area contributed by atoms with Gasteiger partial charge in [0, 0.05) is 22.2 Å². The van der Waals surface area contributed by atoms with Gasteiger partial charge in [-0.3, -0.25) is 4.21 Å². The van der Waals surface area contributed by atoms with E-state index >= 15 is 0 Å². The minimum atomic E-state index is -2.27. The lowest BCUT2D eigenvalue weighted by Gasteiger charge is -2.04. The second-order valence-corrected chi connectivity index (χ2v) is 3.28. The summed E-state index contributed by atoms with van der Waals surface area (Å²) in [6.07, 6.45) is 0. The first kappa shape index (κ1) is 8.28. The Kier molecular flexibility index (Phi) is 2.03. The molecule has 1 heterocycles. The van der Waals surface area contributed by atoms with Gasteiger partial charge in [-0.2, -0.15) is 0 Å². The average Bonchev–Trinajstić information content (AvgIpc) is 2.44. The number of fused-ring (bicyclic) bond motifs is 1. The number of H-pyrrole nitrogens is 1. The molecule has 0 saturated heterocycles. The summed E-state index contributed by atoms with van der Waals surface area (Å²) in [7, 11) is 0. The third-order valence-corrected chi connectivity index (χ3v) is 2.11. The van der Waals surface area contributed by atoms with Crippen LogP contribution in [0.15, 0.2) is 30.3 Å². The molecule has 1 aromatic heterocycles. The first-order valence-electron chi connectivity index (χ1n) is 3.69. The van der Waals surface area contributed by atoms with Crippen LogP contribution in [0.2, 0.25) is 0 Å². The van der Waals surface area contributed by atoms with Crippen LogP contribution in [-0.2, 0) is 11.3 Å². The predicted octanol–water partition coefficient (Wildman–Crippen LogP) is 1.37. The molecule has 0 fully saturated rings. The highest BCUT2D eigenvalue weighted by atomic mass is 32.2. The lowest BCUT2D eigenvalue weighted by Crippen LogP contribution is -2.01. The molecule has 68 valence electrons. The van der Waals surface area contributed by atoms with E-state index in [1.165, 1.54) is 0 Å². The molecule has 1 aromatic carbocycles. The molecular formula is C8H7N2O2S-. The Morgan fingerprint density at radius 3 is 2.85 bits per heavy atom. The molecule has 0 aliphatic rings. The van der Waals surface area contributed by atoms with Gasteiger partial charge in [-0.1, -0.05) is 18.2 Å². The zero-order valence-corrected chi connectivity index (χ0v) is 7.43. The number of anilines is 1. The van der Waals surface area contributed by atoms with Crippen molar-refractivity contribution in [3.8, 4) is 0 Å². The molecule has 0 radical (unpaired) electrons. The van der Waals surface area contributed by atoms with Gasteiger partial charge in [-0.25, -0.2) is 0 Å². The van der Waals surface area contributed by atoms with E-state index in [-0.39, 0.29) is 0 Å². The van der Waals surface area contributed by atoms with Gasteiger partial charge >= 0.3 is 0 Å². The van der Waals surface area contributed by atoms with Gasteiger partial charge in [0.15, 0.2) is 0 Å². The number of para-hydroxylation sites is 1. The molecule has 0 bridgehead atoms. The van der Waals surface area contributed by atoms with Crippen molar-refractivity contribution in [3.63, 3.8) is 0 Å². The number of hydrogen-bond acceptors (Lipinski definition) is 2. The SMILES string of the molecule is O=S([O-])Nc1cc2ccccc2[nH]1. The first-order valence-corrected chi connectivity index (χ1v) is 4.77. The van der Waals surface area contributed by atoms with E-state index in [1.54, 1.807) is 6.07 Å². The number of benzene rings is 1. The normalized spacial score (nSPS) is 13.0. The second-order valence-electron chi connectivity index (χ2n) is 2.61. The van der Waals surface area contributed by atoms with Crippen molar-refractivity contribution in [2.24, 2.45) is 0 Å². The van der Waals surface area contributed by atoms with Gasteiger partial charge in [0.1, 0.15) is 5.82 Å². The van der Waals surface area contributed by atoms with Crippen LogP contribution in [0.3, 0.4) is 0 Å². The van der Waals surface area contributed by atoms with Crippen molar-refractivity contribution in [1.82, 2.24) is 4.98 Å². The van der Waals surface area contributed by atoms with Crippen molar-refractivity contribution >= 4 is 28.0 Å². The number of hydrogen-bond donors (Lipinski definition) is 2. The maximum absolute atomic E-state index is 10.3. The summed E-state index contributed by atoms with van der Waals surface area (Å²) in [5.74, 6) is 0.481. The van der Waals surface area contributed by atoms with E-state index in [1.807, 2.05) is 24.3 Å². The van der Waals surface area contributed by atoms with Crippen LogP contribution in [0.1, 0.15) is 0 Å². The molecule has 0 saturated carbocycles. The van der Waals surface area contributed by atoms with Gasteiger partial charge in [0.2, 0.25) is 0 Å². The molecular weight excluding hydrogens is 188 g/mol. The van der Waals surface area contributed by atoms with E-state index in [9.17, 15) is 8.76 Å². The maximum Gasteiger partial charge on any atom is 0.115 e. The summed E-state index contributed by atoms with van der Waals surface area (Å²) in [4.78, 5) is 2.92. The summed E-state index contributed by atoms with van der Waals surface area (Å²) in [6.45, 7) is 0. The quantitative estimate of drug-likeness (QED) is 0.711. The fourth-order valence-electron chi connectivity index (χ4n) is 1.22. The number of nitrogens with one attached hydrogen (secondary N) is 2. The monoisotopic (exact) mass is 195 g/mol. The van der Waals surface area contributed by atoms with Crippen LogP contribution in [0.4, 0.5) is 5.82 Å². The van der Waals surface area contributed by atoms with Crippen molar-refractivity contribution in [3.05, 3.63) is 30.3 Å². The van der Waals surface area contributed by atoms with Gasteiger partial charge in [0.25, 0.3) is 0 Å². The second kappa shape index (κ2) is 3.20. The first-order chi connectivity index (χ1) is 6.25. The van der Waals surface area contributed by atoms with Gasteiger partial charge < -0.3 is 14.3 Å². The Bertz CT molecular complexity index is 419. The highest BCUT2D eigenvalue weighted by molar-refractivity contribution is 7.80. The van der Waals surface area contributed by atoms with Gasteiger partial charge in [-0.05, 0) is 12.1 Å². The number of aromatic amines is 1. The van der Waals surface area contributed by atoms with Crippen LogP contribution in [0.25, 0.3) is 10.9 Å². The van der Waals surface area contributed by atoms with Gasteiger partial charge in [0.05, 0.1) is 0 Å². The Balaban J connectivity index is 2.44. The summed E-state index contributed by atoms with van der Waals surface area (Å²) in [6, 6.07) is 9.31. The van der Waals surface area contributed by atoms with Crippen LogP contribution in [0.5, 0.6) is 0 Å². The molecule has 1 unspecified atom stereocenters. The highest BCUT2D eigenvalue weighted by Gasteiger charge is 1.97. The minimum absolute atomic E-state index is 0.481. The molecule has 2 N–H and O–H groups in total. The molecule has 13 heavy (non-hydrogen) atoms. The highest BCUT2D eigenvalue weighted by Crippen LogP contribution is 2.17. The molecule has 2 rings (SSSR count). The molecule has 0 amide bonds. The van der Waals surface area contributed by atoms with Crippen LogP contribution in [0, 0.1) is 0 Å². The van der Waals surface area contributed by atoms with Crippen molar-refractivity contribution in [1.29, 1.82) is 0 Å². The van der Waals surface area contributed by atoms with Crippen LogP contribution >= 0.6 is 0 Å². The Morgan fingerprint density at radius 1 is 1.38 bits per heavy atom. The third-order valence-electron chi connectivity index (χ3n) is 1.72. The summed E-state index contributed by atoms with van der Waals surface area (Å²) in [5.41, 5.74) is 0.912. The maximum atomic E-state index is 10.3. The van der Waals surface area contributed by atoms with Crippen molar-refractivity contribution < 1.29 is 8.76 Å². The smallest absolute Gasteiger partial charge is 0.115 e. The Morgan fingerprint density at radius 2 is 2.15 bits per heavy atom. The van der Waals surface area contributed by atoms with Crippen molar-refractivity contribution in [2.75, 3.05) is 4.72 Å². The van der Waals surface area contributed by atoms with Crippen LogP contribution in [-0.4, -0.2) is 13.7 Å². The Labute approximate surface area is 77.4 Å². The summed E-state index contributed by atoms with van der Waals surface area (Å²) in [5, 5.41) is 0.982. The number of aromatic nitrogens is 1. The van der Waals surface area contributed by atoms with Crippen LogP contribution < -0.4 is 4.72 Å². The molecule has 0 aliphatic carbocycles. The Hall–Kier alpha value is -1.33. The number of rotatable bonds is 2. The largest absolute Gasteiger partial charge is 0.755 e. The zero-order chi connectivity index (χ0) is 9.26. The molecule has 2 aromatic rings. The van der Waals surface area contributed by atoms with E-state index in [2.05, 4.69) is 9.71 Å². The van der Waals surface area contributed by atoms with Gasteiger partial charge in [-0.15, -0.1) is 0 Å². The molecule has 0 spiro atoms. The topological polar surface area (TPSA) is 67.9 Å². The van der Waals surface area contributed by atoms with E-state index < -0.39 is 11.3 Å². The third kappa shape index (κ3) is 1.71. The fraction of sp³-hybridized carbons (Fsp3) is 0. The summed E-state index contributed by atoms with van der Waals surface area (Å²) >= 11 is -2.27. The van der Waals surface area contributed by atoms with E-state index in [0.717, 1.165) is 10.9 Å². The zero-order valence-electron chi connectivity index (χ0n) is 6.61. The van der Waals surface area contributed by atoms with Crippen molar-refractivity contribution in [2.45, 2.75) is 0 Å². The van der Waals surface area contributed by atoms with E-state index in [0.29, 0.717) is 5.82 Å². The molecule has 5 heteroatoms. The molecule has 4 nitrogen and oxygen atoms in total. The fourth-order valence-corrected chi connectivity index (χ4v) is 1.51. The molecule has 1 atom stereocenters. The lowest BCUT2D eigenvalue weighted by molar-refractivity contribution is 0.542. The molecule has 0 aliphatic heterocycles.